The minimum absolute atomic E-state index is 0.222. The molecular formula is C13H14N4O2S2. The van der Waals surface area contributed by atoms with Crippen LogP contribution >= 0.6 is 11.3 Å². The first-order valence-corrected chi connectivity index (χ1v) is 8.59. The Morgan fingerprint density at radius 1 is 1.43 bits per heavy atom. The number of aryl methyl sites for hydroxylation is 1. The molecule has 21 heavy (non-hydrogen) atoms. The van der Waals surface area contributed by atoms with Crippen LogP contribution in [0, 0.1) is 6.92 Å². The molecule has 1 aromatic carbocycles. The van der Waals surface area contributed by atoms with E-state index < -0.39 is 10.0 Å². The predicted molar refractivity (Wildman–Crippen MR) is 83.6 cm³/mol. The van der Waals surface area contributed by atoms with E-state index in [1.54, 1.807) is 23.7 Å². The Bertz CT molecular complexity index is 896. The third kappa shape index (κ3) is 2.65. The number of aromatic nitrogens is 2. The fraction of sp³-hybridized carbons (Fsp3) is 0.154. The number of aromatic amines is 1. The maximum atomic E-state index is 12.4. The number of hydrogen-bond donors (Lipinski definition) is 3. The van der Waals surface area contributed by atoms with Gasteiger partial charge in [-0.25, -0.2) is 18.1 Å². The molecule has 0 saturated heterocycles. The lowest BCUT2D eigenvalue weighted by Gasteiger charge is -2.05. The molecule has 0 aliphatic carbocycles. The summed E-state index contributed by atoms with van der Waals surface area (Å²) in [6.07, 6.45) is 1.48. The number of nitrogens with two attached hydrogens (primary N) is 1. The van der Waals surface area contributed by atoms with Crippen molar-refractivity contribution in [3.63, 3.8) is 0 Å². The van der Waals surface area contributed by atoms with Gasteiger partial charge >= 0.3 is 0 Å². The van der Waals surface area contributed by atoms with Gasteiger partial charge in [-0.05, 0) is 25.1 Å². The van der Waals surface area contributed by atoms with Crippen LogP contribution in [0.2, 0.25) is 0 Å². The smallest absolute Gasteiger partial charge is 0.243 e. The minimum atomic E-state index is -3.59. The molecule has 0 saturated carbocycles. The fourth-order valence-electron chi connectivity index (χ4n) is 2.07. The molecule has 0 bridgehead atoms. The molecule has 0 radical (unpaired) electrons. The highest BCUT2D eigenvalue weighted by atomic mass is 32.2. The van der Waals surface area contributed by atoms with Gasteiger partial charge in [0.2, 0.25) is 10.0 Å². The van der Waals surface area contributed by atoms with Crippen LogP contribution in [0.3, 0.4) is 0 Å². The van der Waals surface area contributed by atoms with Gasteiger partial charge in [0, 0.05) is 34.2 Å². The quantitative estimate of drug-likeness (QED) is 0.639. The number of hydrogen-bond acceptors (Lipinski definition) is 5. The van der Waals surface area contributed by atoms with Gasteiger partial charge in [-0.1, -0.05) is 0 Å². The van der Waals surface area contributed by atoms with Crippen molar-refractivity contribution in [3.8, 4) is 0 Å². The number of anilines is 1. The van der Waals surface area contributed by atoms with E-state index >= 15 is 0 Å². The summed E-state index contributed by atoms with van der Waals surface area (Å²) in [5, 5.41) is 0.623. The maximum Gasteiger partial charge on any atom is 0.243 e. The molecule has 0 amide bonds. The molecule has 0 unspecified atom stereocenters. The SMILES string of the molecule is Cc1ncsc1CNS(=O)(=O)c1c[nH]c2cc(N)ccc12. The number of nitrogens with one attached hydrogen (secondary N) is 2. The van der Waals surface area contributed by atoms with Crippen LogP contribution in [0.25, 0.3) is 10.9 Å². The number of fused-ring (bicyclic) bond motifs is 1. The third-order valence-corrected chi connectivity index (χ3v) is 5.60. The molecule has 3 aromatic rings. The van der Waals surface area contributed by atoms with Crippen molar-refractivity contribution in [1.29, 1.82) is 0 Å². The van der Waals surface area contributed by atoms with Crippen molar-refractivity contribution in [3.05, 3.63) is 40.5 Å². The van der Waals surface area contributed by atoms with E-state index in [0.29, 0.717) is 16.6 Å². The highest BCUT2D eigenvalue weighted by Gasteiger charge is 2.19. The van der Waals surface area contributed by atoms with Crippen molar-refractivity contribution < 1.29 is 8.42 Å². The molecule has 0 fully saturated rings. The highest BCUT2D eigenvalue weighted by molar-refractivity contribution is 7.89. The standard InChI is InChI=1S/C13H14N4O2S2/c1-8-12(20-7-16-8)5-17-21(18,19)13-6-15-11-4-9(14)2-3-10(11)13/h2-4,6-7,15,17H,5,14H2,1H3. The monoisotopic (exact) mass is 322 g/mol. The summed E-state index contributed by atoms with van der Waals surface area (Å²) in [5.41, 5.74) is 9.52. The van der Waals surface area contributed by atoms with Gasteiger partial charge in [0.15, 0.2) is 0 Å². The number of sulfonamides is 1. The molecular weight excluding hydrogens is 308 g/mol. The van der Waals surface area contributed by atoms with Gasteiger partial charge in [-0.2, -0.15) is 0 Å². The molecule has 0 atom stereocenters. The molecule has 3 rings (SSSR count). The van der Waals surface area contributed by atoms with Crippen LogP contribution in [0.15, 0.2) is 34.8 Å². The fourth-order valence-corrected chi connectivity index (χ4v) is 4.05. The summed E-state index contributed by atoms with van der Waals surface area (Å²) >= 11 is 1.43. The summed E-state index contributed by atoms with van der Waals surface area (Å²) in [6, 6.07) is 5.10. The second kappa shape index (κ2) is 5.14. The zero-order valence-corrected chi connectivity index (χ0v) is 12.9. The van der Waals surface area contributed by atoms with Gasteiger partial charge < -0.3 is 10.7 Å². The van der Waals surface area contributed by atoms with E-state index in [-0.39, 0.29) is 11.4 Å². The number of H-pyrrole nitrogens is 1. The van der Waals surface area contributed by atoms with Gasteiger partial charge in [-0.3, -0.25) is 0 Å². The zero-order chi connectivity index (χ0) is 15.0. The van der Waals surface area contributed by atoms with Crippen molar-refractivity contribution in [2.45, 2.75) is 18.4 Å². The van der Waals surface area contributed by atoms with Gasteiger partial charge in [0.25, 0.3) is 0 Å². The van der Waals surface area contributed by atoms with Gasteiger partial charge in [0.1, 0.15) is 4.90 Å². The largest absolute Gasteiger partial charge is 0.399 e. The molecule has 6 nitrogen and oxygen atoms in total. The van der Waals surface area contributed by atoms with Crippen LogP contribution in [0.4, 0.5) is 5.69 Å². The normalized spacial score (nSPS) is 12.0. The first-order chi connectivity index (χ1) is 9.97. The lowest BCUT2D eigenvalue weighted by Crippen LogP contribution is -2.22. The van der Waals surface area contributed by atoms with E-state index in [1.165, 1.54) is 17.5 Å². The summed E-state index contributed by atoms with van der Waals surface area (Å²) in [7, 11) is -3.59. The summed E-state index contributed by atoms with van der Waals surface area (Å²) < 4.78 is 27.4. The Labute approximate surface area is 126 Å². The van der Waals surface area contributed by atoms with Crippen LogP contribution in [-0.4, -0.2) is 18.4 Å². The van der Waals surface area contributed by atoms with Gasteiger partial charge in [-0.15, -0.1) is 11.3 Å². The molecule has 2 heterocycles. The Morgan fingerprint density at radius 2 is 2.24 bits per heavy atom. The summed E-state index contributed by atoms with van der Waals surface area (Å²) in [4.78, 5) is 8.16. The van der Waals surface area contributed by atoms with Crippen LogP contribution in [0.5, 0.6) is 0 Å². The first-order valence-electron chi connectivity index (χ1n) is 6.22. The average Bonchev–Trinajstić information content (AvgIpc) is 3.02. The van der Waals surface area contributed by atoms with Crippen LogP contribution < -0.4 is 10.5 Å². The van der Waals surface area contributed by atoms with Crippen LogP contribution in [0.1, 0.15) is 10.6 Å². The molecule has 2 aromatic heterocycles. The molecule has 0 aliphatic rings. The summed E-state index contributed by atoms with van der Waals surface area (Å²) in [5.74, 6) is 0. The van der Waals surface area contributed by atoms with E-state index in [0.717, 1.165) is 10.6 Å². The maximum absolute atomic E-state index is 12.4. The van der Waals surface area contributed by atoms with Crippen molar-refractivity contribution in [1.82, 2.24) is 14.7 Å². The van der Waals surface area contributed by atoms with E-state index in [2.05, 4.69) is 14.7 Å². The molecule has 4 N–H and O–H groups in total. The van der Waals surface area contributed by atoms with Crippen LogP contribution in [-0.2, 0) is 16.6 Å². The van der Waals surface area contributed by atoms with E-state index in [4.69, 9.17) is 5.73 Å². The number of thiazole rings is 1. The van der Waals surface area contributed by atoms with Gasteiger partial charge in [0.05, 0.1) is 11.2 Å². The second-order valence-electron chi connectivity index (χ2n) is 4.64. The van der Waals surface area contributed by atoms with Crippen molar-refractivity contribution in [2.24, 2.45) is 0 Å². The Balaban J connectivity index is 1.91. The average molecular weight is 322 g/mol. The second-order valence-corrected chi connectivity index (χ2v) is 7.32. The lowest BCUT2D eigenvalue weighted by molar-refractivity contribution is 0.582. The Morgan fingerprint density at radius 3 is 2.95 bits per heavy atom. The Hall–Kier alpha value is -1.90. The predicted octanol–water partition coefficient (Wildman–Crippen LogP) is 1.99. The molecule has 8 heteroatoms. The van der Waals surface area contributed by atoms with Crippen molar-refractivity contribution in [2.75, 3.05) is 5.73 Å². The lowest BCUT2D eigenvalue weighted by atomic mass is 10.2. The van der Waals surface area contributed by atoms with E-state index in [1.807, 2.05) is 6.92 Å². The molecule has 0 aliphatic heterocycles. The third-order valence-electron chi connectivity index (χ3n) is 3.22. The Kier molecular flexibility index (Phi) is 3.44. The molecule has 110 valence electrons. The number of nitrogen functional groups attached to an aromatic ring is 1. The van der Waals surface area contributed by atoms with E-state index in [9.17, 15) is 8.42 Å². The topological polar surface area (TPSA) is 101 Å². The highest BCUT2D eigenvalue weighted by Crippen LogP contribution is 2.24. The zero-order valence-electron chi connectivity index (χ0n) is 11.3. The first kappa shape index (κ1) is 14.1. The number of rotatable bonds is 4. The molecule has 0 spiro atoms. The minimum Gasteiger partial charge on any atom is -0.399 e. The number of benzene rings is 1. The van der Waals surface area contributed by atoms with Crippen molar-refractivity contribution >= 4 is 38.0 Å². The summed E-state index contributed by atoms with van der Waals surface area (Å²) in [6.45, 7) is 2.09. The number of nitrogens with zero attached hydrogens (tertiary/aromatic N) is 1.